The van der Waals surface area contributed by atoms with Crippen molar-refractivity contribution in [3.63, 3.8) is 0 Å². The number of hydrogen-bond donors (Lipinski definition) is 1. The third kappa shape index (κ3) is 2.40. The van der Waals surface area contributed by atoms with Gasteiger partial charge in [0.05, 0.1) is 11.4 Å². The first-order valence-corrected chi connectivity index (χ1v) is 6.40. The van der Waals surface area contributed by atoms with Crippen molar-refractivity contribution >= 4 is 5.82 Å². The molecule has 2 aromatic rings. The highest BCUT2D eigenvalue weighted by molar-refractivity contribution is 5.49. The second kappa shape index (κ2) is 4.84. The van der Waals surface area contributed by atoms with E-state index in [1.165, 1.54) is 11.1 Å². The van der Waals surface area contributed by atoms with E-state index in [9.17, 15) is 0 Å². The van der Waals surface area contributed by atoms with E-state index in [0.29, 0.717) is 11.7 Å². The van der Waals surface area contributed by atoms with E-state index >= 15 is 0 Å². The van der Waals surface area contributed by atoms with E-state index < -0.39 is 0 Å². The van der Waals surface area contributed by atoms with E-state index in [1.54, 1.807) is 0 Å². The van der Waals surface area contributed by atoms with Crippen molar-refractivity contribution < 1.29 is 0 Å². The third-order valence-corrected chi connectivity index (χ3v) is 3.21. The van der Waals surface area contributed by atoms with Gasteiger partial charge in [0.15, 0.2) is 0 Å². The van der Waals surface area contributed by atoms with Crippen molar-refractivity contribution in [2.24, 2.45) is 5.92 Å². The lowest BCUT2D eigenvalue weighted by Crippen LogP contribution is -2.05. The molecule has 0 bridgehead atoms. The Hall–Kier alpha value is -1.77. The minimum Gasteiger partial charge on any atom is -0.384 e. The molecule has 2 rings (SSSR count). The van der Waals surface area contributed by atoms with Crippen LogP contribution in [0.5, 0.6) is 0 Å². The van der Waals surface area contributed by atoms with Gasteiger partial charge in [-0.1, -0.05) is 26.0 Å². The van der Waals surface area contributed by atoms with Crippen LogP contribution in [0.4, 0.5) is 5.82 Å². The molecule has 0 aliphatic carbocycles. The number of aromatic nitrogens is 2. The minimum absolute atomic E-state index is 0.589. The Labute approximate surface area is 109 Å². The predicted molar refractivity (Wildman–Crippen MR) is 76.0 cm³/mol. The lowest BCUT2D eigenvalue weighted by Gasteiger charge is -2.09. The largest absolute Gasteiger partial charge is 0.384 e. The number of benzene rings is 1. The zero-order valence-corrected chi connectivity index (χ0v) is 11.6. The van der Waals surface area contributed by atoms with Gasteiger partial charge in [0, 0.05) is 6.07 Å². The Balaban J connectivity index is 2.44. The molecule has 1 heterocycles. The van der Waals surface area contributed by atoms with Gasteiger partial charge >= 0.3 is 0 Å². The first-order valence-electron chi connectivity index (χ1n) is 6.40. The predicted octanol–water partition coefficient (Wildman–Crippen LogP) is 3.27. The zero-order valence-electron chi connectivity index (χ0n) is 11.6. The van der Waals surface area contributed by atoms with E-state index in [2.05, 4.69) is 44.9 Å². The minimum atomic E-state index is 0.589. The Morgan fingerprint density at radius 3 is 2.67 bits per heavy atom. The van der Waals surface area contributed by atoms with Gasteiger partial charge in [0.25, 0.3) is 0 Å². The SMILES string of the molecule is Cc1cccc(-n2nc(CC(C)C)cc2N)c1C. The summed E-state index contributed by atoms with van der Waals surface area (Å²) in [6.45, 7) is 8.59. The summed E-state index contributed by atoms with van der Waals surface area (Å²) in [5.41, 5.74) is 10.7. The topological polar surface area (TPSA) is 43.8 Å². The molecule has 0 spiro atoms. The fraction of sp³-hybridized carbons (Fsp3) is 0.400. The number of aryl methyl sites for hydroxylation is 1. The Kier molecular flexibility index (Phi) is 3.41. The molecule has 18 heavy (non-hydrogen) atoms. The van der Waals surface area contributed by atoms with Crippen LogP contribution in [-0.4, -0.2) is 9.78 Å². The number of anilines is 1. The van der Waals surface area contributed by atoms with Crippen molar-refractivity contribution in [3.05, 3.63) is 41.1 Å². The summed E-state index contributed by atoms with van der Waals surface area (Å²) in [6, 6.07) is 8.18. The zero-order chi connectivity index (χ0) is 13.3. The number of rotatable bonds is 3. The van der Waals surface area contributed by atoms with Crippen molar-refractivity contribution in [2.75, 3.05) is 5.73 Å². The van der Waals surface area contributed by atoms with Crippen LogP contribution in [0.1, 0.15) is 30.7 Å². The number of nitrogen functional groups attached to an aromatic ring is 1. The molecule has 0 fully saturated rings. The second-order valence-electron chi connectivity index (χ2n) is 5.29. The first kappa shape index (κ1) is 12.7. The quantitative estimate of drug-likeness (QED) is 0.899. The molecule has 0 saturated carbocycles. The number of nitrogens with zero attached hydrogens (tertiary/aromatic N) is 2. The summed E-state index contributed by atoms with van der Waals surface area (Å²) in [5.74, 6) is 1.30. The van der Waals surface area contributed by atoms with E-state index in [0.717, 1.165) is 17.8 Å². The van der Waals surface area contributed by atoms with Crippen LogP contribution in [0.25, 0.3) is 5.69 Å². The standard InChI is InChI=1S/C15H21N3/c1-10(2)8-13-9-15(16)18(17-13)14-7-5-6-11(3)12(14)4/h5-7,9-10H,8,16H2,1-4H3. The van der Waals surface area contributed by atoms with Gasteiger partial charge in [-0.25, -0.2) is 4.68 Å². The highest BCUT2D eigenvalue weighted by Gasteiger charge is 2.10. The fourth-order valence-corrected chi connectivity index (χ4v) is 2.12. The van der Waals surface area contributed by atoms with Crippen LogP contribution in [-0.2, 0) is 6.42 Å². The maximum atomic E-state index is 6.07. The molecular weight excluding hydrogens is 222 g/mol. The van der Waals surface area contributed by atoms with Gasteiger partial charge in [0.1, 0.15) is 5.82 Å². The molecule has 3 heteroatoms. The van der Waals surface area contributed by atoms with Crippen LogP contribution in [0.15, 0.2) is 24.3 Å². The molecule has 0 atom stereocenters. The van der Waals surface area contributed by atoms with Crippen LogP contribution in [0, 0.1) is 19.8 Å². The monoisotopic (exact) mass is 243 g/mol. The summed E-state index contributed by atoms with van der Waals surface area (Å²) < 4.78 is 1.85. The summed E-state index contributed by atoms with van der Waals surface area (Å²) in [7, 11) is 0. The second-order valence-corrected chi connectivity index (χ2v) is 5.29. The maximum absolute atomic E-state index is 6.07. The van der Waals surface area contributed by atoms with Crippen molar-refractivity contribution in [3.8, 4) is 5.69 Å². The first-order chi connectivity index (χ1) is 8.49. The highest BCUT2D eigenvalue weighted by atomic mass is 15.3. The molecular formula is C15H21N3. The van der Waals surface area contributed by atoms with Gasteiger partial charge in [-0.15, -0.1) is 0 Å². The van der Waals surface area contributed by atoms with Gasteiger partial charge < -0.3 is 5.73 Å². The van der Waals surface area contributed by atoms with Gasteiger partial charge in [-0.05, 0) is 43.4 Å². The van der Waals surface area contributed by atoms with Crippen LogP contribution < -0.4 is 5.73 Å². The van der Waals surface area contributed by atoms with Crippen molar-refractivity contribution in [1.82, 2.24) is 9.78 Å². The molecule has 0 unspecified atom stereocenters. The average molecular weight is 243 g/mol. The Morgan fingerprint density at radius 2 is 2.00 bits per heavy atom. The van der Waals surface area contributed by atoms with E-state index in [-0.39, 0.29) is 0 Å². The average Bonchev–Trinajstić information content (AvgIpc) is 2.62. The van der Waals surface area contributed by atoms with E-state index in [1.807, 2.05) is 16.8 Å². The molecule has 1 aromatic heterocycles. The Bertz CT molecular complexity index is 553. The molecule has 0 amide bonds. The van der Waals surface area contributed by atoms with Crippen molar-refractivity contribution in [1.29, 1.82) is 0 Å². The van der Waals surface area contributed by atoms with Crippen LogP contribution in [0.3, 0.4) is 0 Å². The lowest BCUT2D eigenvalue weighted by atomic mass is 10.1. The normalized spacial score (nSPS) is 11.2. The molecule has 3 nitrogen and oxygen atoms in total. The molecule has 2 N–H and O–H groups in total. The third-order valence-electron chi connectivity index (χ3n) is 3.21. The molecule has 1 aromatic carbocycles. The molecule has 0 saturated heterocycles. The van der Waals surface area contributed by atoms with Crippen LogP contribution in [0.2, 0.25) is 0 Å². The van der Waals surface area contributed by atoms with Gasteiger partial charge in [-0.2, -0.15) is 5.10 Å². The number of hydrogen-bond acceptors (Lipinski definition) is 2. The molecule has 96 valence electrons. The van der Waals surface area contributed by atoms with Gasteiger partial charge in [0.2, 0.25) is 0 Å². The summed E-state index contributed by atoms with van der Waals surface area (Å²) >= 11 is 0. The fourth-order valence-electron chi connectivity index (χ4n) is 2.12. The highest BCUT2D eigenvalue weighted by Crippen LogP contribution is 2.21. The summed E-state index contributed by atoms with van der Waals surface area (Å²) in [6.07, 6.45) is 0.960. The molecule has 0 aliphatic rings. The molecule has 0 aliphatic heterocycles. The van der Waals surface area contributed by atoms with E-state index in [4.69, 9.17) is 5.73 Å². The summed E-state index contributed by atoms with van der Waals surface area (Å²) in [4.78, 5) is 0. The van der Waals surface area contributed by atoms with Crippen LogP contribution >= 0.6 is 0 Å². The summed E-state index contributed by atoms with van der Waals surface area (Å²) in [5, 5.41) is 4.61. The molecule has 0 radical (unpaired) electrons. The van der Waals surface area contributed by atoms with Crippen molar-refractivity contribution in [2.45, 2.75) is 34.1 Å². The Morgan fingerprint density at radius 1 is 1.28 bits per heavy atom. The smallest absolute Gasteiger partial charge is 0.127 e. The number of nitrogens with two attached hydrogens (primary N) is 1. The lowest BCUT2D eigenvalue weighted by molar-refractivity contribution is 0.628. The maximum Gasteiger partial charge on any atom is 0.127 e. The van der Waals surface area contributed by atoms with Gasteiger partial charge in [-0.3, -0.25) is 0 Å².